The highest BCUT2D eigenvalue weighted by atomic mass is 19.4. The lowest BCUT2D eigenvalue weighted by Gasteiger charge is -2.12. The molecule has 0 saturated carbocycles. The van der Waals surface area contributed by atoms with E-state index in [1.165, 1.54) is 6.07 Å². The lowest BCUT2D eigenvalue weighted by Crippen LogP contribution is -2.17. The van der Waals surface area contributed by atoms with E-state index < -0.39 is 17.8 Å². The zero-order valence-electron chi connectivity index (χ0n) is 16.7. The Morgan fingerprint density at radius 3 is 2.40 bits per heavy atom. The molecular weight excluding hydrogens is 395 g/mol. The lowest BCUT2D eigenvalue weighted by atomic mass is 10.0. The summed E-state index contributed by atoms with van der Waals surface area (Å²) in [4.78, 5) is 11.7. The van der Waals surface area contributed by atoms with E-state index in [0.717, 1.165) is 12.1 Å². The quantitative estimate of drug-likeness (QED) is 0.554. The fraction of sp³-hybridized carbons (Fsp3) is 0.273. The van der Waals surface area contributed by atoms with Gasteiger partial charge >= 0.3 is 12.3 Å². The van der Waals surface area contributed by atoms with Crippen LogP contribution >= 0.6 is 0 Å². The van der Waals surface area contributed by atoms with Gasteiger partial charge in [0.2, 0.25) is 0 Å². The molecule has 0 bridgehead atoms. The molecule has 5 nitrogen and oxygen atoms in total. The number of nitriles is 1. The maximum absolute atomic E-state index is 13.2. The molecule has 0 atom stereocenters. The molecule has 0 fully saturated rings. The van der Waals surface area contributed by atoms with Gasteiger partial charge in [-0.25, -0.2) is 4.79 Å². The van der Waals surface area contributed by atoms with Gasteiger partial charge in [-0.05, 0) is 50.6 Å². The minimum absolute atomic E-state index is 0.260. The third-order valence-corrected chi connectivity index (χ3v) is 4.57. The second-order valence-electron chi connectivity index (χ2n) is 6.97. The standard InChI is InChI=1S/C22H20F3N3O2/c1-4-28-19-11-15(22(23,24)25)7-10-17(19)18(12-26)20(28)14-5-8-16(9-6-14)27-21(29)30-13(2)3/h5-11,13H,4H2,1-3H3,(H,27,29). The molecule has 8 heteroatoms. The van der Waals surface area contributed by atoms with Crippen LogP contribution in [0.15, 0.2) is 42.5 Å². The van der Waals surface area contributed by atoms with E-state index >= 15 is 0 Å². The van der Waals surface area contributed by atoms with Gasteiger partial charge in [0.05, 0.1) is 28.4 Å². The Balaban J connectivity index is 2.07. The summed E-state index contributed by atoms with van der Waals surface area (Å²) in [6.07, 6.45) is -5.32. The van der Waals surface area contributed by atoms with Crippen LogP contribution in [0.25, 0.3) is 22.2 Å². The number of carbonyl (C=O) groups excluding carboxylic acids is 1. The maximum Gasteiger partial charge on any atom is 0.416 e. The van der Waals surface area contributed by atoms with Gasteiger partial charge in [0, 0.05) is 17.6 Å². The average Bonchev–Trinajstić information content (AvgIpc) is 2.99. The van der Waals surface area contributed by atoms with Crippen molar-refractivity contribution in [1.82, 2.24) is 4.57 Å². The van der Waals surface area contributed by atoms with Crippen molar-refractivity contribution in [2.45, 2.75) is 39.6 Å². The number of aromatic nitrogens is 1. The van der Waals surface area contributed by atoms with Gasteiger partial charge in [0.1, 0.15) is 6.07 Å². The van der Waals surface area contributed by atoms with Crippen LogP contribution in [0.1, 0.15) is 31.9 Å². The summed E-state index contributed by atoms with van der Waals surface area (Å²) in [6, 6.07) is 12.2. The molecule has 30 heavy (non-hydrogen) atoms. The Morgan fingerprint density at radius 2 is 1.87 bits per heavy atom. The molecule has 3 aromatic rings. The van der Waals surface area contributed by atoms with Crippen molar-refractivity contribution >= 4 is 22.7 Å². The third kappa shape index (κ3) is 4.10. The fourth-order valence-corrected chi connectivity index (χ4v) is 3.34. The van der Waals surface area contributed by atoms with E-state index in [-0.39, 0.29) is 6.10 Å². The molecular formula is C22H20F3N3O2. The topological polar surface area (TPSA) is 67.1 Å². The van der Waals surface area contributed by atoms with Crippen LogP contribution < -0.4 is 5.32 Å². The molecule has 1 heterocycles. The molecule has 0 radical (unpaired) electrons. The summed E-state index contributed by atoms with van der Waals surface area (Å²) in [7, 11) is 0. The molecule has 156 valence electrons. The normalized spacial score (nSPS) is 11.5. The number of fused-ring (bicyclic) bond motifs is 1. The monoisotopic (exact) mass is 415 g/mol. The van der Waals surface area contributed by atoms with Crippen molar-refractivity contribution in [3.8, 4) is 17.3 Å². The fourth-order valence-electron chi connectivity index (χ4n) is 3.34. The number of alkyl halides is 3. The first-order chi connectivity index (χ1) is 14.2. The van der Waals surface area contributed by atoms with Gasteiger partial charge in [-0.1, -0.05) is 18.2 Å². The second-order valence-corrected chi connectivity index (χ2v) is 6.97. The largest absolute Gasteiger partial charge is 0.447 e. The first-order valence-corrected chi connectivity index (χ1v) is 9.37. The number of ether oxygens (including phenoxy) is 1. The van der Waals surface area contributed by atoms with Gasteiger partial charge in [-0.15, -0.1) is 0 Å². The number of halogens is 3. The van der Waals surface area contributed by atoms with E-state index in [0.29, 0.717) is 40.0 Å². The minimum atomic E-state index is -4.47. The molecule has 0 unspecified atom stereocenters. The van der Waals surface area contributed by atoms with Crippen LogP contribution in [0.4, 0.5) is 23.7 Å². The highest BCUT2D eigenvalue weighted by Gasteiger charge is 2.31. The van der Waals surface area contributed by atoms with Gasteiger partial charge in [-0.3, -0.25) is 5.32 Å². The highest BCUT2D eigenvalue weighted by molar-refractivity contribution is 5.95. The van der Waals surface area contributed by atoms with E-state index in [4.69, 9.17) is 4.74 Å². The molecule has 1 amide bonds. The predicted molar refractivity (Wildman–Crippen MR) is 108 cm³/mol. The van der Waals surface area contributed by atoms with E-state index in [1.807, 2.05) is 6.92 Å². The van der Waals surface area contributed by atoms with Crippen molar-refractivity contribution in [2.75, 3.05) is 5.32 Å². The second kappa shape index (κ2) is 8.11. The summed E-state index contributed by atoms with van der Waals surface area (Å²) in [6.45, 7) is 5.66. The number of nitrogens with one attached hydrogen (secondary N) is 1. The summed E-state index contributed by atoms with van der Waals surface area (Å²) in [5.41, 5.74) is 1.58. The zero-order chi connectivity index (χ0) is 22.1. The van der Waals surface area contributed by atoms with Gasteiger partial charge in [0.25, 0.3) is 0 Å². The van der Waals surface area contributed by atoms with E-state index in [9.17, 15) is 23.2 Å². The Morgan fingerprint density at radius 1 is 1.20 bits per heavy atom. The number of hydrogen-bond acceptors (Lipinski definition) is 3. The first-order valence-electron chi connectivity index (χ1n) is 9.37. The van der Waals surface area contributed by atoms with Crippen LogP contribution in [-0.4, -0.2) is 16.8 Å². The molecule has 1 N–H and O–H groups in total. The zero-order valence-corrected chi connectivity index (χ0v) is 16.7. The van der Waals surface area contributed by atoms with Crippen molar-refractivity contribution in [2.24, 2.45) is 0 Å². The Hall–Kier alpha value is -3.47. The summed E-state index contributed by atoms with van der Waals surface area (Å²) in [5.74, 6) is 0. The van der Waals surface area contributed by atoms with Gasteiger partial charge < -0.3 is 9.30 Å². The molecule has 0 aliphatic heterocycles. The van der Waals surface area contributed by atoms with Crippen LogP contribution in [0.3, 0.4) is 0 Å². The number of benzene rings is 2. The van der Waals surface area contributed by atoms with Gasteiger partial charge in [-0.2, -0.15) is 18.4 Å². The summed E-state index contributed by atoms with van der Waals surface area (Å²) < 4.78 is 46.2. The van der Waals surface area contributed by atoms with Crippen LogP contribution in [0.5, 0.6) is 0 Å². The van der Waals surface area contributed by atoms with E-state index in [1.54, 1.807) is 42.7 Å². The summed E-state index contributed by atoms with van der Waals surface area (Å²) in [5, 5.41) is 12.8. The van der Waals surface area contributed by atoms with Crippen molar-refractivity contribution in [3.05, 3.63) is 53.6 Å². The number of hydrogen-bond donors (Lipinski definition) is 1. The number of rotatable bonds is 4. The molecule has 2 aromatic carbocycles. The molecule has 0 aliphatic carbocycles. The van der Waals surface area contributed by atoms with E-state index in [2.05, 4.69) is 11.4 Å². The molecule has 0 spiro atoms. The summed E-state index contributed by atoms with van der Waals surface area (Å²) >= 11 is 0. The number of carbonyl (C=O) groups is 1. The van der Waals surface area contributed by atoms with Crippen molar-refractivity contribution in [1.29, 1.82) is 5.26 Å². The van der Waals surface area contributed by atoms with Crippen LogP contribution in [-0.2, 0) is 17.5 Å². The van der Waals surface area contributed by atoms with Crippen molar-refractivity contribution in [3.63, 3.8) is 0 Å². The Labute approximate surface area is 171 Å². The van der Waals surface area contributed by atoms with Crippen molar-refractivity contribution < 1.29 is 22.7 Å². The molecule has 1 aromatic heterocycles. The first kappa shape index (κ1) is 21.2. The average molecular weight is 415 g/mol. The number of aryl methyl sites for hydroxylation is 1. The number of nitrogens with zero attached hydrogens (tertiary/aromatic N) is 2. The van der Waals surface area contributed by atoms with Gasteiger partial charge in [0.15, 0.2) is 0 Å². The predicted octanol–water partition coefficient (Wildman–Crippen LogP) is 6.18. The van der Waals surface area contributed by atoms with Crippen LogP contribution in [0, 0.1) is 11.3 Å². The molecule has 0 aliphatic rings. The number of amides is 1. The van der Waals surface area contributed by atoms with Crippen LogP contribution in [0.2, 0.25) is 0 Å². The molecule has 3 rings (SSSR count). The third-order valence-electron chi connectivity index (χ3n) is 4.57. The number of anilines is 1. The Kier molecular flexibility index (Phi) is 5.74. The minimum Gasteiger partial charge on any atom is -0.447 e. The maximum atomic E-state index is 13.2. The smallest absolute Gasteiger partial charge is 0.416 e. The SMILES string of the molecule is CCn1c(-c2ccc(NC(=O)OC(C)C)cc2)c(C#N)c2ccc(C(F)(F)F)cc21. The highest BCUT2D eigenvalue weighted by Crippen LogP contribution is 2.37. The Bertz CT molecular complexity index is 1120. The molecule has 0 saturated heterocycles. The lowest BCUT2D eigenvalue weighted by molar-refractivity contribution is -0.137.